The SMILES string of the molecule is [CH2]Cc1c[nH]c2cc(OC)ccc12. The topological polar surface area (TPSA) is 25.0 Å². The molecule has 67 valence electrons. The summed E-state index contributed by atoms with van der Waals surface area (Å²) >= 11 is 0. The van der Waals surface area contributed by atoms with Crippen molar-refractivity contribution >= 4 is 10.9 Å². The molecule has 2 nitrogen and oxygen atoms in total. The molecule has 1 radical (unpaired) electrons. The zero-order chi connectivity index (χ0) is 9.26. The molecule has 0 unspecified atom stereocenters. The Labute approximate surface area is 77.5 Å². The van der Waals surface area contributed by atoms with Gasteiger partial charge in [-0.2, -0.15) is 0 Å². The van der Waals surface area contributed by atoms with Crippen LogP contribution in [0.5, 0.6) is 5.75 Å². The number of benzene rings is 1. The Morgan fingerprint density at radius 1 is 1.46 bits per heavy atom. The number of hydrogen-bond donors (Lipinski definition) is 1. The summed E-state index contributed by atoms with van der Waals surface area (Å²) in [6.07, 6.45) is 2.81. The molecule has 0 bridgehead atoms. The van der Waals surface area contributed by atoms with Crippen molar-refractivity contribution in [1.82, 2.24) is 4.98 Å². The Morgan fingerprint density at radius 2 is 2.31 bits per heavy atom. The molecule has 0 aliphatic carbocycles. The normalized spacial score (nSPS) is 10.6. The molecule has 1 heterocycles. The van der Waals surface area contributed by atoms with Gasteiger partial charge >= 0.3 is 0 Å². The van der Waals surface area contributed by atoms with Gasteiger partial charge in [0.15, 0.2) is 0 Å². The molecule has 1 aromatic heterocycles. The predicted molar refractivity (Wildman–Crippen MR) is 53.9 cm³/mol. The third-order valence-corrected chi connectivity index (χ3v) is 2.24. The second kappa shape index (κ2) is 3.13. The number of nitrogens with one attached hydrogen (secondary N) is 1. The number of hydrogen-bond acceptors (Lipinski definition) is 1. The lowest BCUT2D eigenvalue weighted by Crippen LogP contribution is -1.81. The van der Waals surface area contributed by atoms with Crippen LogP contribution in [0.15, 0.2) is 24.4 Å². The van der Waals surface area contributed by atoms with Crippen molar-refractivity contribution in [2.24, 2.45) is 0 Å². The van der Waals surface area contributed by atoms with Crippen molar-refractivity contribution in [3.05, 3.63) is 36.9 Å². The predicted octanol–water partition coefficient (Wildman–Crippen LogP) is 2.55. The molecule has 0 amide bonds. The first kappa shape index (κ1) is 8.17. The van der Waals surface area contributed by atoms with E-state index in [1.807, 2.05) is 18.3 Å². The Morgan fingerprint density at radius 3 is 3.00 bits per heavy atom. The van der Waals surface area contributed by atoms with Gasteiger partial charge in [-0.25, -0.2) is 0 Å². The Balaban J connectivity index is 2.61. The van der Waals surface area contributed by atoms with E-state index in [1.54, 1.807) is 7.11 Å². The summed E-state index contributed by atoms with van der Waals surface area (Å²) in [4.78, 5) is 3.19. The number of H-pyrrole nitrogens is 1. The lowest BCUT2D eigenvalue weighted by molar-refractivity contribution is 0.415. The number of aromatic nitrogens is 1. The van der Waals surface area contributed by atoms with E-state index in [4.69, 9.17) is 4.74 Å². The number of fused-ring (bicyclic) bond motifs is 1. The highest BCUT2D eigenvalue weighted by Crippen LogP contribution is 2.23. The molecule has 0 saturated carbocycles. The van der Waals surface area contributed by atoms with Crippen LogP contribution in [0.1, 0.15) is 5.56 Å². The maximum Gasteiger partial charge on any atom is 0.120 e. The fourth-order valence-electron chi connectivity index (χ4n) is 1.50. The minimum Gasteiger partial charge on any atom is -0.497 e. The second-order valence-electron chi connectivity index (χ2n) is 2.98. The van der Waals surface area contributed by atoms with Crippen LogP contribution in [0.2, 0.25) is 0 Å². The summed E-state index contributed by atoms with van der Waals surface area (Å²) in [5.74, 6) is 0.880. The van der Waals surface area contributed by atoms with Crippen molar-refractivity contribution in [2.45, 2.75) is 6.42 Å². The average molecular weight is 174 g/mol. The zero-order valence-corrected chi connectivity index (χ0v) is 7.63. The van der Waals surface area contributed by atoms with Crippen LogP contribution in [-0.2, 0) is 6.42 Å². The molecule has 2 heteroatoms. The summed E-state index contributed by atoms with van der Waals surface area (Å²) in [5, 5.41) is 1.23. The molecule has 2 rings (SSSR count). The van der Waals surface area contributed by atoms with Crippen molar-refractivity contribution in [3.63, 3.8) is 0 Å². The van der Waals surface area contributed by atoms with E-state index in [9.17, 15) is 0 Å². The van der Waals surface area contributed by atoms with E-state index >= 15 is 0 Å². The number of rotatable bonds is 2. The maximum absolute atomic E-state index is 5.13. The van der Waals surface area contributed by atoms with Crippen molar-refractivity contribution in [2.75, 3.05) is 7.11 Å². The van der Waals surface area contributed by atoms with Crippen LogP contribution in [-0.4, -0.2) is 12.1 Å². The molecule has 1 aromatic carbocycles. The van der Waals surface area contributed by atoms with E-state index < -0.39 is 0 Å². The molecule has 0 aliphatic heterocycles. The van der Waals surface area contributed by atoms with Crippen LogP contribution < -0.4 is 4.74 Å². The Hall–Kier alpha value is -1.44. The van der Waals surface area contributed by atoms with Gasteiger partial charge in [-0.05, 0) is 31.0 Å². The summed E-state index contributed by atoms with van der Waals surface area (Å²) in [7, 11) is 1.67. The third kappa shape index (κ3) is 1.28. The molecule has 0 spiro atoms. The zero-order valence-electron chi connectivity index (χ0n) is 7.63. The van der Waals surface area contributed by atoms with E-state index in [0.29, 0.717) is 0 Å². The van der Waals surface area contributed by atoms with Crippen LogP contribution in [0, 0.1) is 6.92 Å². The molecule has 0 aliphatic rings. The van der Waals surface area contributed by atoms with E-state index in [1.165, 1.54) is 10.9 Å². The number of aromatic amines is 1. The average Bonchev–Trinajstić information content (AvgIpc) is 2.59. The van der Waals surface area contributed by atoms with Gasteiger partial charge in [0.2, 0.25) is 0 Å². The summed E-state index contributed by atoms with van der Waals surface area (Å²) < 4.78 is 5.13. The largest absolute Gasteiger partial charge is 0.497 e. The van der Waals surface area contributed by atoms with Crippen LogP contribution in [0.25, 0.3) is 10.9 Å². The lowest BCUT2D eigenvalue weighted by atomic mass is 10.1. The molecule has 0 atom stereocenters. The van der Waals surface area contributed by atoms with Gasteiger partial charge in [-0.3, -0.25) is 0 Å². The van der Waals surface area contributed by atoms with E-state index in [2.05, 4.69) is 18.0 Å². The summed E-state index contributed by atoms with van der Waals surface area (Å²) in [6.45, 7) is 3.87. The first-order chi connectivity index (χ1) is 6.35. The molecule has 0 saturated heterocycles. The molecular formula is C11H12NO. The van der Waals surface area contributed by atoms with Gasteiger partial charge in [-0.15, -0.1) is 0 Å². The Bertz CT molecular complexity index is 417. The summed E-state index contributed by atoms with van der Waals surface area (Å²) in [5.41, 5.74) is 2.36. The van der Waals surface area contributed by atoms with Gasteiger partial charge < -0.3 is 9.72 Å². The van der Waals surface area contributed by atoms with Gasteiger partial charge in [0.25, 0.3) is 0 Å². The Kier molecular flexibility index (Phi) is 1.97. The fraction of sp³-hybridized carbons (Fsp3) is 0.182. The summed E-state index contributed by atoms with van der Waals surface area (Å²) in [6, 6.07) is 6.02. The smallest absolute Gasteiger partial charge is 0.120 e. The van der Waals surface area contributed by atoms with Gasteiger partial charge in [0.1, 0.15) is 5.75 Å². The highest BCUT2D eigenvalue weighted by atomic mass is 16.5. The van der Waals surface area contributed by atoms with Gasteiger partial charge in [0.05, 0.1) is 7.11 Å². The molecule has 0 fully saturated rings. The van der Waals surface area contributed by atoms with E-state index in [0.717, 1.165) is 17.7 Å². The number of methoxy groups -OCH3 is 1. The maximum atomic E-state index is 5.13. The quantitative estimate of drug-likeness (QED) is 0.743. The minimum absolute atomic E-state index is 0.812. The first-order valence-corrected chi connectivity index (χ1v) is 4.28. The fourth-order valence-corrected chi connectivity index (χ4v) is 1.50. The van der Waals surface area contributed by atoms with Crippen LogP contribution in [0.4, 0.5) is 0 Å². The van der Waals surface area contributed by atoms with Crippen molar-refractivity contribution < 1.29 is 4.74 Å². The van der Waals surface area contributed by atoms with Crippen molar-refractivity contribution in [1.29, 1.82) is 0 Å². The minimum atomic E-state index is 0.812. The van der Waals surface area contributed by atoms with E-state index in [-0.39, 0.29) is 0 Å². The highest BCUT2D eigenvalue weighted by molar-refractivity contribution is 5.84. The number of ether oxygens (including phenoxy) is 1. The van der Waals surface area contributed by atoms with Gasteiger partial charge in [0, 0.05) is 23.2 Å². The lowest BCUT2D eigenvalue weighted by Gasteiger charge is -1.99. The molecular weight excluding hydrogens is 162 g/mol. The van der Waals surface area contributed by atoms with Crippen LogP contribution >= 0.6 is 0 Å². The molecule has 13 heavy (non-hydrogen) atoms. The third-order valence-electron chi connectivity index (χ3n) is 2.24. The molecule has 1 N–H and O–H groups in total. The van der Waals surface area contributed by atoms with Gasteiger partial charge in [-0.1, -0.05) is 0 Å². The van der Waals surface area contributed by atoms with Crippen molar-refractivity contribution in [3.8, 4) is 5.75 Å². The first-order valence-electron chi connectivity index (χ1n) is 4.28. The monoisotopic (exact) mass is 174 g/mol. The second-order valence-corrected chi connectivity index (χ2v) is 2.98. The highest BCUT2D eigenvalue weighted by Gasteiger charge is 2.01. The molecule has 2 aromatic rings. The standard InChI is InChI=1S/C11H12NO/c1-3-8-7-12-11-6-9(13-2)4-5-10(8)11/h4-7,12H,1,3H2,2H3. The van der Waals surface area contributed by atoms with Crippen LogP contribution in [0.3, 0.4) is 0 Å².